The van der Waals surface area contributed by atoms with Crippen molar-refractivity contribution >= 4 is 23.4 Å². The Morgan fingerprint density at radius 2 is 2.05 bits per heavy atom. The Bertz CT molecular complexity index is 456. The van der Waals surface area contributed by atoms with E-state index >= 15 is 0 Å². The van der Waals surface area contributed by atoms with Gasteiger partial charge in [-0.1, -0.05) is 11.6 Å². The number of carbonyl (C=O) groups excluding carboxylic acids is 1. The van der Waals surface area contributed by atoms with E-state index in [2.05, 4.69) is 10.3 Å². The van der Waals surface area contributed by atoms with Crippen molar-refractivity contribution in [2.24, 2.45) is 0 Å². The number of halogens is 1. The van der Waals surface area contributed by atoms with E-state index in [1.807, 2.05) is 13.8 Å². The summed E-state index contributed by atoms with van der Waals surface area (Å²) in [5.41, 5.74) is -0.136. The minimum Gasteiger partial charge on any atom is -0.487 e. The molecule has 1 amide bonds. The highest BCUT2D eigenvalue weighted by Gasteiger charge is 2.18. The SMILES string of the molecule is CC(C)Oc1cnc(Cl)cc1NC(=O)OC(C)(C)C. The summed E-state index contributed by atoms with van der Waals surface area (Å²) in [7, 11) is 0. The molecule has 0 aromatic carbocycles. The van der Waals surface area contributed by atoms with Crippen molar-refractivity contribution in [3.05, 3.63) is 17.4 Å². The third-order valence-corrected chi connectivity index (χ3v) is 2.04. The van der Waals surface area contributed by atoms with Crippen LogP contribution < -0.4 is 10.1 Å². The van der Waals surface area contributed by atoms with E-state index in [1.54, 1.807) is 20.8 Å². The minimum atomic E-state index is -0.569. The van der Waals surface area contributed by atoms with Crippen LogP contribution >= 0.6 is 11.6 Å². The van der Waals surface area contributed by atoms with Gasteiger partial charge >= 0.3 is 6.09 Å². The van der Waals surface area contributed by atoms with Crippen LogP contribution in [0.1, 0.15) is 34.6 Å². The third-order valence-electron chi connectivity index (χ3n) is 1.83. The van der Waals surface area contributed by atoms with Gasteiger partial charge in [-0.15, -0.1) is 0 Å². The second-order valence-corrected chi connectivity index (χ2v) is 5.68. The zero-order valence-electron chi connectivity index (χ0n) is 11.8. The van der Waals surface area contributed by atoms with Crippen molar-refractivity contribution in [3.63, 3.8) is 0 Å². The number of carbonyl (C=O) groups is 1. The summed E-state index contributed by atoms with van der Waals surface area (Å²) in [5, 5.41) is 2.87. The fourth-order valence-corrected chi connectivity index (χ4v) is 1.43. The number of anilines is 1. The number of pyridine rings is 1. The van der Waals surface area contributed by atoms with Gasteiger partial charge < -0.3 is 9.47 Å². The number of rotatable bonds is 3. The van der Waals surface area contributed by atoms with Gasteiger partial charge in [-0.3, -0.25) is 5.32 Å². The van der Waals surface area contributed by atoms with Crippen LogP contribution in [0.25, 0.3) is 0 Å². The van der Waals surface area contributed by atoms with Crippen molar-refractivity contribution in [3.8, 4) is 5.75 Å². The van der Waals surface area contributed by atoms with Crippen molar-refractivity contribution in [2.75, 3.05) is 5.32 Å². The minimum absolute atomic E-state index is 0.0397. The maximum atomic E-state index is 11.7. The molecule has 0 bridgehead atoms. The molecule has 106 valence electrons. The van der Waals surface area contributed by atoms with Crippen LogP contribution in [-0.4, -0.2) is 22.8 Å². The summed E-state index contributed by atoms with van der Waals surface area (Å²) >= 11 is 5.81. The number of nitrogens with zero attached hydrogens (tertiary/aromatic N) is 1. The van der Waals surface area contributed by atoms with E-state index in [9.17, 15) is 4.79 Å². The number of nitrogens with one attached hydrogen (secondary N) is 1. The van der Waals surface area contributed by atoms with Gasteiger partial charge in [0.15, 0.2) is 5.75 Å². The fourth-order valence-electron chi connectivity index (χ4n) is 1.28. The third kappa shape index (κ3) is 5.79. The molecule has 0 radical (unpaired) electrons. The molecule has 0 saturated carbocycles. The average molecular weight is 287 g/mol. The first-order chi connectivity index (χ1) is 8.67. The summed E-state index contributed by atoms with van der Waals surface area (Å²) < 4.78 is 10.7. The maximum absolute atomic E-state index is 11.7. The Balaban J connectivity index is 2.86. The Morgan fingerprint density at radius 3 is 2.58 bits per heavy atom. The predicted molar refractivity (Wildman–Crippen MR) is 74.9 cm³/mol. The molecule has 6 heteroatoms. The molecule has 1 aromatic rings. The quantitative estimate of drug-likeness (QED) is 0.857. The van der Waals surface area contributed by atoms with Crippen LogP contribution in [0, 0.1) is 0 Å². The highest BCUT2D eigenvalue weighted by Crippen LogP contribution is 2.27. The second-order valence-electron chi connectivity index (χ2n) is 5.30. The standard InChI is InChI=1S/C13H19ClN2O3/c1-8(2)18-10-7-15-11(14)6-9(10)16-12(17)19-13(3,4)5/h6-8H,1-5H3,(H,15,16,17). The van der Waals surface area contributed by atoms with E-state index in [0.29, 0.717) is 11.4 Å². The molecule has 0 aliphatic carbocycles. The molecular weight excluding hydrogens is 268 g/mol. The first kappa shape index (κ1) is 15.6. The number of amides is 1. The fraction of sp³-hybridized carbons (Fsp3) is 0.538. The molecular formula is C13H19ClN2O3. The molecule has 19 heavy (non-hydrogen) atoms. The van der Waals surface area contributed by atoms with Crippen molar-refractivity contribution in [2.45, 2.75) is 46.3 Å². The summed E-state index contributed by atoms with van der Waals surface area (Å²) in [6.45, 7) is 9.13. The molecule has 0 fully saturated rings. The molecule has 0 atom stereocenters. The molecule has 1 N–H and O–H groups in total. The van der Waals surface area contributed by atoms with Crippen LogP contribution in [0.3, 0.4) is 0 Å². The van der Waals surface area contributed by atoms with Crippen molar-refractivity contribution < 1.29 is 14.3 Å². The van der Waals surface area contributed by atoms with Crippen LogP contribution in [0.5, 0.6) is 5.75 Å². The smallest absolute Gasteiger partial charge is 0.412 e. The van der Waals surface area contributed by atoms with Gasteiger partial charge in [-0.25, -0.2) is 9.78 Å². The topological polar surface area (TPSA) is 60.5 Å². The molecule has 0 aliphatic rings. The summed E-state index contributed by atoms with van der Waals surface area (Å²) in [5.74, 6) is 0.449. The number of hydrogen-bond acceptors (Lipinski definition) is 4. The monoisotopic (exact) mass is 286 g/mol. The van der Waals surface area contributed by atoms with Gasteiger partial charge in [-0.2, -0.15) is 0 Å². The normalized spacial score (nSPS) is 11.3. The number of ether oxygens (including phenoxy) is 2. The van der Waals surface area contributed by atoms with E-state index < -0.39 is 11.7 Å². The van der Waals surface area contributed by atoms with Crippen molar-refractivity contribution in [1.29, 1.82) is 0 Å². The van der Waals surface area contributed by atoms with E-state index in [-0.39, 0.29) is 11.3 Å². The van der Waals surface area contributed by atoms with Gasteiger partial charge in [-0.05, 0) is 34.6 Å². The lowest BCUT2D eigenvalue weighted by Gasteiger charge is -2.20. The number of hydrogen-bond donors (Lipinski definition) is 1. The molecule has 1 rings (SSSR count). The molecule has 0 unspecified atom stereocenters. The first-order valence-corrected chi connectivity index (χ1v) is 6.37. The lowest BCUT2D eigenvalue weighted by molar-refractivity contribution is 0.0635. The summed E-state index contributed by atoms with van der Waals surface area (Å²) in [4.78, 5) is 15.6. The van der Waals surface area contributed by atoms with Gasteiger partial charge in [0.25, 0.3) is 0 Å². The zero-order chi connectivity index (χ0) is 14.6. The largest absolute Gasteiger partial charge is 0.487 e. The molecule has 0 aliphatic heterocycles. The first-order valence-electron chi connectivity index (χ1n) is 5.99. The Kier molecular flexibility index (Phi) is 5.00. The van der Waals surface area contributed by atoms with Gasteiger partial charge in [0.1, 0.15) is 10.8 Å². The summed E-state index contributed by atoms with van der Waals surface area (Å²) in [6, 6.07) is 1.52. The van der Waals surface area contributed by atoms with Crippen LogP contribution in [0.2, 0.25) is 5.15 Å². The highest BCUT2D eigenvalue weighted by atomic mass is 35.5. The van der Waals surface area contributed by atoms with Crippen LogP contribution in [-0.2, 0) is 4.74 Å². The Morgan fingerprint density at radius 1 is 1.42 bits per heavy atom. The second kappa shape index (κ2) is 6.10. The number of aromatic nitrogens is 1. The van der Waals surface area contributed by atoms with E-state index in [1.165, 1.54) is 12.3 Å². The molecule has 0 spiro atoms. The molecule has 1 aromatic heterocycles. The predicted octanol–water partition coefficient (Wildman–Crippen LogP) is 3.87. The van der Waals surface area contributed by atoms with E-state index in [0.717, 1.165) is 0 Å². The lowest BCUT2D eigenvalue weighted by Crippen LogP contribution is -2.27. The Hall–Kier alpha value is -1.49. The zero-order valence-corrected chi connectivity index (χ0v) is 12.5. The van der Waals surface area contributed by atoms with Gasteiger partial charge in [0.05, 0.1) is 18.0 Å². The maximum Gasteiger partial charge on any atom is 0.412 e. The van der Waals surface area contributed by atoms with Crippen LogP contribution in [0.15, 0.2) is 12.3 Å². The van der Waals surface area contributed by atoms with E-state index in [4.69, 9.17) is 21.1 Å². The highest BCUT2D eigenvalue weighted by molar-refractivity contribution is 6.29. The van der Waals surface area contributed by atoms with Gasteiger partial charge in [0, 0.05) is 6.07 Å². The molecule has 1 heterocycles. The molecule has 5 nitrogen and oxygen atoms in total. The average Bonchev–Trinajstić information content (AvgIpc) is 2.18. The van der Waals surface area contributed by atoms with Crippen LogP contribution in [0.4, 0.5) is 10.5 Å². The van der Waals surface area contributed by atoms with Gasteiger partial charge in [0.2, 0.25) is 0 Å². The summed E-state index contributed by atoms with van der Waals surface area (Å²) in [6.07, 6.45) is 0.861. The Labute approximate surface area is 118 Å². The molecule has 0 saturated heterocycles. The van der Waals surface area contributed by atoms with Crippen molar-refractivity contribution in [1.82, 2.24) is 4.98 Å². The lowest BCUT2D eigenvalue weighted by atomic mass is 10.2.